The Morgan fingerprint density at radius 1 is 1.65 bits per heavy atom. The molecule has 0 aliphatic carbocycles. The van der Waals surface area contributed by atoms with E-state index in [2.05, 4.69) is 11.2 Å². The van der Waals surface area contributed by atoms with Crippen molar-refractivity contribution in [1.82, 2.24) is 5.32 Å². The Balaban J connectivity index is 2.79. The van der Waals surface area contributed by atoms with Crippen molar-refractivity contribution < 1.29 is 9.72 Å². The van der Waals surface area contributed by atoms with Gasteiger partial charge in [-0.2, -0.15) is 0 Å². The van der Waals surface area contributed by atoms with E-state index in [1.807, 2.05) is 0 Å². The Bertz CT molecular complexity index is 477. The topological polar surface area (TPSA) is 72.2 Å². The molecule has 0 aliphatic heterocycles. The molecule has 5 nitrogen and oxygen atoms in total. The van der Waals surface area contributed by atoms with Gasteiger partial charge in [-0.15, -0.1) is 12.3 Å². The summed E-state index contributed by atoms with van der Waals surface area (Å²) < 4.78 is 0. The van der Waals surface area contributed by atoms with Crippen LogP contribution in [-0.2, 0) is 0 Å². The van der Waals surface area contributed by atoms with Gasteiger partial charge in [-0.25, -0.2) is 0 Å². The Hall–Kier alpha value is -2.35. The van der Waals surface area contributed by atoms with Crippen molar-refractivity contribution >= 4 is 11.6 Å². The number of nitrogens with one attached hydrogen (secondary N) is 1. The van der Waals surface area contributed by atoms with E-state index in [-0.39, 0.29) is 23.2 Å². The SMILES string of the molecule is C#CCC(C)NC(=O)c1cccc([N+](=O)[O-])c1. The highest BCUT2D eigenvalue weighted by atomic mass is 16.6. The number of hydrogen-bond donors (Lipinski definition) is 1. The van der Waals surface area contributed by atoms with Crippen molar-refractivity contribution in [3.63, 3.8) is 0 Å². The van der Waals surface area contributed by atoms with Crippen molar-refractivity contribution in [2.45, 2.75) is 19.4 Å². The van der Waals surface area contributed by atoms with E-state index in [0.29, 0.717) is 6.42 Å². The summed E-state index contributed by atoms with van der Waals surface area (Å²) in [5, 5.41) is 13.2. The highest BCUT2D eigenvalue weighted by molar-refractivity contribution is 5.94. The van der Waals surface area contributed by atoms with E-state index in [4.69, 9.17) is 6.42 Å². The van der Waals surface area contributed by atoms with Gasteiger partial charge >= 0.3 is 0 Å². The fourth-order valence-corrected chi connectivity index (χ4v) is 1.30. The average molecular weight is 232 g/mol. The van der Waals surface area contributed by atoms with Crippen LogP contribution >= 0.6 is 0 Å². The molecule has 0 fully saturated rings. The predicted octanol–water partition coefficient (Wildman–Crippen LogP) is 1.74. The lowest BCUT2D eigenvalue weighted by atomic mass is 10.1. The van der Waals surface area contributed by atoms with E-state index in [0.717, 1.165) is 0 Å². The van der Waals surface area contributed by atoms with Gasteiger partial charge in [-0.05, 0) is 13.0 Å². The first kappa shape index (κ1) is 12.7. The van der Waals surface area contributed by atoms with Gasteiger partial charge in [0.2, 0.25) is 0 Å². The Morgan fingerprint density at radius 2 is 2.35 bits per heavy atom. The smallest absolute Gasteiger partial charge is 0.270 e. The lowest BCUT2D eigenvalue weighted by molar-refractivity contribution is -0.384. The molecule has 0 aromatic heterocycles. The number of nitro groups is 1. The first-order valence-electron chi connectivity index (χ1n) is 5.03. The molecule has 0 spiro atoms. The molecule has 17 heavy (non-hydrogen) atoms. The fourth-order valence-electron chi connectivity index (χ4n) is 1.30. The van der Waals surface area contributed by atoms with Gasteiger partial charge in [-0.1, -0.05) is 6.07 Å². The highest BCUT2D eigenvalue weighted by Gasteiger charge is 2.12. The average Bonchev–Trinajstić information content (AvgIpc) is 2.29. The van der Waals surface area contributed by atoms with Crippen LogP contribution < -0.4 is 5.32 Å². The van der Waals surface area contributed by atoms with E-state index < -0.39 is 4.92 Å². The second kappa shape index (κ2) is 5.66. The predicted molar refractivity (Wildman–Crippen MR) is 63.5 cm³/mol. The minimum Gasteiger partial charge on any atom is -0.349 e. The molecule has 0 radical (unpaired) electrons. The number of non-ortho nitro benzene ring substituents is 1. The molecule has 0 bridgehead atoms. The molecular weight excluding hydrogens is 220 g/mol. The van der Waals surface area contributed by atoms with Gasteiger partial charge in [0.15, 0.2) is 0 Å². The van der Waals surface area contributed by atoms with Gasteiger partial charge < -0.3 is 5.32 Å². The van der Waals surface area contributed by atoms with Crippen molar-refractivity contribution in [3.8, 4) is 12.3 Å². The summed E-state index contributed by atoms with van der Waals surface area (Å²) in [5.41, 5.74) is 0.144. The maximum atomic E-state index is 11.7. The maximum absolute atomic E-state index is 11.7. The lowest BCUT2D eigenvalue weighted by Crippen LogP contribution is -2.32. The number of benzene rings is 1. The van der Waals surface area contributed by atoms with Gasteiger partial charge in [-0.3, -0.25) is 14.9 Å². The molecule has 88 valence electrons. The summed E-state index contributed by atoms with van der Waals surface area (Å²) in [5.74, 6) is 2.07. The van der Waals surface area contributed by atoms with E-state index in [9.17, 15) is 14.9 Å². The first-order chi connectivity index (χ1) is 8.04. The summed E-state index contributed by atoms with van der Waals surface area (Å²) in [6.07, 6.45) is 5.53. The fraction of sp³-hybridized carbons (Fsp3) is 0.250. The second-order valence-electron chi connectivity index (χ2n) is 3.59. The van der Waals surface area contributed by atoms with Crippen LogP contribution in [0.5, 0.6) is 0 Å². The molecule has 1 aromatic carbocycles. The normalized spacial score (nSPS) is 11.3. The Kier molecular flexibility index (Phi) is 4.23. The molecule has 0 saturated heterocycles. The largest absolute Gasteiger partial charge is 0.349 e. The Labute approximate surface area is 99.0 Å². The van der Waals surface area contributed by atoms with E-state index in [1.165, 1.54) is 24.3 Å². The number of nitro benzene ring substituents is 1. The molecule has 1 unspecified atom stereocenters. The zero-order valence-corrected chi connectivity index (χ0v) is 9.34. The van der Waals surface area contributed by atoms with Crippen LogP contribution in [0.25, 0.3) is 0 Å². The van der Waals surface area contributed by atoms with Gasteiger partial charge in [0.05, 0.1) is 4.92 Å². The number of amides is 1. The molecule has 1 rings (SSSR count). The summed E-state index contributed by atoms with van der Waals surface area (Å²) in [4.78, 5) is 21.7. The number of carbonyl (C=O) groups excluding carboxylic acids is 1. The number of nitrogens with zero attached hydrogens (tertiary/aromatic N) is 1. The molecule has 5 heteroatoms. The van der Waals surface area contributed by atoms with Crippen molar-refractivity contribution in [1.29, 1.82) is 0 Å². The molecule has 1 aromatic rings. The summed E-state index contributed by atoms with van der Waals surface area (Å²) in [6, 6.07) is 5.40. The molecule has 1 N–H and O–H groups in total. The summed E-state index contributed by atoms with van der Waals surface area (Å²) in [6.45, 7) is 1.77. The second-order valence-corrected chi connectivity index (χ2v) is 3.59. The van der Waals surface area contributed by atoms with Crippen LogP contribution in [0.3, 0.4) is 0 Å². The van der Waals surface area contributed by atoms with E-state index >= 15 is 0 Å². The van der Waals surface area contributed by atoms with E-state index in [1.54, 1.807) is 6.92 Å². The lowest BCUT2D eigenvalue weighted by Gasteiger charge is -2.10. The molecule has 1 amide bonds. The zero-order chi connectivity index (χ0) is 12.8. The highest BCUT2D eigenvalue weighted by Crippen LogP contribution is 2.13. The number of terminal acetylenes is 1. The maximum Gasteiger partial charge on any atom is 0.270 e. The third-order valence-electron chi connectivity index (χ3n) is 2.12. The number of carbonyl (C=O) groups is 1. The molecular formula is C12H12N2O3. The van der Waals surface area contributed by atoms with Crippen molar-refractivity contribution in [3.05, 3.63) is 39.9 Å². The zero-order valence-electron chi connectivity index (χ0n) is 9.34. The van der Waals surface area contributed by atoms with Gasteiger partial charge in [0.1, 0.15) is 0 Å². The quantitative estimate of drug-likeness (QED) is 0.488. The van der Waals surface area contributed by atoms with Crippen molar-refractivity contribution in [2.75, 3.05) is 0 Å². The number of rotatable bonds is 4. The summed E-state index contributed by atoms with van der Waals surface area (Å²) >= 11 is 0. The van der Waals surface area contributed by atoms with Gasteiger partial charge in [0.25, 0.3) is 11.6 Å². The third kappa shape index (κ3) is 3.61. The Morgan fingerprint density at radius 3 is 2.94 bits per heavy atom. The van der Waals surface area contributed by atoms with Crippen LogP contribution in [0.4, 0.5) is 5.69 Å². The minimum absolute atomic E-state index is 0.109. The van der Waals surface area contributed by atoms with Gasteiger partial charge in [0, 0.05) is 30.2 Å². The molecule has 1 atom stereocenters. The van der Waals surface area contributed by atoms with Crippen LogP contribution in [0.1, 0.15) is 23.7 Å². The monoisotopic (exact) mass is 232 g/mol. The minimum atomic E-state index is -0.540. The standard InChI is InChI=1S/C12H12N2O3/c1-3-5-9(2)13-12(15)10-6-4-7-11(8-10)14(16)17/h1,4,6-9H,5H2,2H3,(H,13,15). The van der Waals surface area contributed by atoms with Crippen LogP contribution in [0, 0.1) is 22.5 Å². The number of hydrogen-bond acceptors (Lipinski definition) is 3. The van der Waals surface area contributed by atoms with Crippen LogP contribution in [0.2, 0.25) is 0 Å². The summed E-state index contributed by atoms with van der Waals surface area (Å²) in [7, 11) is 0. The third-order valence-corrected chi connectivity index (χ3v) is 2.12. The molecule has 0 heterocycles. The van der Waals surface area contributed by atoms with Crippen molar-refractivity contribution in [2.24, 2.45) is 0 Å². The molecule has 0 aliphatic rings. The van der Waals surface area contributed by atoms with Crippen LogP contribution in [0.15, 0.2) is 24.3 Å². The van der Waals surface area contributed by atoms with Crippen LogP contribution in [-0.4, -0.2) is 16.9 Å². The first-order valence-corrected chi connectivity index (χ1v) is 5.03. The molecule has 0 saturated carbocycles.